The molecule has 1 fully saturated rings. The first-order valence-electron chi connectivity index (χ1n) is 12.2. The number of furan rings is 1. The molecule has 1 N–H and O–H groups in total. The molecule has 1 aliphatic rings. The van der Waals surface area contributed by atoms with Gasteiger partial charge in [-0.15, -0.1) is 0 Å². The maximum absolute atomic E-state index is 13.9. The lowest BCUT2D eigenvalue weighted by molar-refractivity contribution is -0.123. The Morgan fingerprint density at radius 2 is 1.75 bits per heavy atom. The minimum Gasteiger partial charge on any atom is -0.497 e. The molecular weight excluding hydrogens is 460 g/mol. The highest BCUT2D eigenvalue weighted by atomic mass is 16.5. The second-order valence-electron chi connectivity index (χ2n) is 8.58. The van der Waals surface area contributed by atoms with Crippen LogP contribution >= 0.6 is 0 Å². The highest BCUT2D eigenvalue weighted by Gasteiger charge is 2.37. The Labute approximate surface area is 211 Å². The first kappa shape index (κ1) is 25.2. The highest BCUT2D eigenvalue weighted by molar-refractivity contribution is 6.09. The van der Waals surface area contributed by atoms with Gasteiger partial charge in [-0.2, -0.15) is 0 Å². The van der Waals surface area contributed by atoms with Crippen molar-refractivity contribution in [2.24, 2.45) is 0 Å². The molecule has 1 saturated carbocycles. The third-order valence-corrected chi connectivity index (χ3v) is 6.31. The van der Waals surface area contributed by atoms with Crippen molar-refractivity contribution in [1.82, 2.24) is 5.32 Å². The van der Waals surface area contributed by atoms with E-state index in [9.17, 15) is 9.59 Å². The Kier molecular flexibility index (Phi) is 8.15. The first-order chi connectivity index (χ1) is 17.5. The number of amides is 2. The van der Waals surface area contributed by atoms with Crippen LogP contribution in [0.3, 0.4) is 0 Å². The van der Waals surface area contributed by atoms with Crippen LogP contribution in [-0.2, 0) is 4.79 Å². The summed E-state index contributed by atoms with van der Waals surface area (Å²) in [4.78, 5) is 29.2. The van der Waals surface area contributed by atoms with Gasteiger partial charge in [-0.25, -0.2) is 0 Å². The topological polar surface area (TPSA) is 90.2 Å². The van der Waals surface area contributed by atoms with Crippen molar-refractivity contribution < 1.29 is 28.2 Å². The largest absolute Gasteiger partial charge is 0.497 e. The molecule has 1 aromatic heterocycles. The van der Waals surface area contributed by atoms with Gasteiger partial charge in [0.25, 0.3) is 5.91 Å². The second-order valence-corrected chi connectivity index (χ2v) is 8.58. The van der Waals surface area contributed by atoms with Crippen molar-refractivity contribution >= 4 is 17.5 Å². The molecule has 36 heavy (non-hydrogen) atoms. The van der Waals surface area contributed by atoms with E-state index in [0.717, 1.165) is 25.7 Å². The summed E-state index contributed by atoms with van der Waals surface area (Å²) in [6.07, 6.45) is 5.40. The normalized spacial score (nSPS) is 14.2. The molecule has 2 aromatic carbocycles. The molecule has 0 radical (unpaired) electrons. The van der Waals surface area contributed by atoms with Gasteiger partial charge in [0, 0.05) is 12.1 Å². The summed E-state index contributed by atoms with van der Waals surface area (Å²) >= 11 is 0. The molecule has 0 spiro atoms. The minimum atomic E-state index is -0.985. The molecule has 190 valence electrons. The maximum Gasteiger partial charge on any atom is 0.295 e. The SMILES string of the molecule is CCOc1ccc([C@H](C(=O)NC2CCCC2)N(C(=O)c2ccco2)c2ccc(OC)cc2OC)cc1. The summed E-state index contributed by atoms with van der Waals surface area (Å²) in [5, 5.41) is 3.17. The summed E-state index contributed by atoms with van der Waals surface area (Å²) in [6.45, 7) is 2.43. The van der Waals surface area contributed by atoms with Gasteiger partial charge in [-0.05, 0) is 61.7 Å². The monoisotopic (exact) mass is 492 g/mol. The number of hydrogen-bond donors (Lipinski definition) is 1. The zero-order valence-corrected chi connectivity index (χ0v) is 20.9. The van der Waals surface area contributed by atoms with Crippen molar-refractivity contribution in [3.05, 3.63) is 72.2 Å². The average molecular weight is 493 g/mol. The summed E-state index contributed by atoms with van der Waals surface area (Å²) in [5.74, 6) is 1.00. The zero-order chi connectivity index (χ0) is 25.5. The van der Waals surface area contributed by atoms with Crippen LogP contribution in [0.25, 0.3) is 0 Å². The van der Waals surface area contributed by atoms with Crippen molar-refractivity contribution in [3.8, 4) is 17.2 Å². The fourth-order valence-electron chi connectivity index (χ4n) is 4.55. The van der Waals surface area contributed by atoms with Crippen LogP contribution in [0.1, 0.15) is 54.8 Å². The number of nitrogens with one attached hydrogen (secondary N) is 1. The fourth-order valence-corrected chi connectivity index (χ4v) is 4.55. The molecule has 0 bridgehead atoms. The van der Waals surface area contributed by atoms with E-state index in [4.69, 9.17) is 18.6 Å². The third-order valence-electron chi connectivity index (χ3n) is 6.31. The fraction of sp³-hybridized carbons (Fsp3) is 0.357. The van der Waals surface area contributed by atoms with Crippen LogP contribution < -0.4 is 24.4 Å². The lowest BCUT2D eigenvalue weighted by atomic mass is 10.0. The van der Waals surface area contributed by atoms with Crippen LogP contribution in [0.5, 0.6) is 17.2 Å². The summed E-state index contributed by atoms with van der Waals surface area (Å²) in [6, 6.07) is 14.6. The number of methoxy groups -OCH3 is 2. The van der Waals surface area contributed by atoms with E-state index in [2.05, 4.69) is 5.32 Å². The predicted molar refractivity (Wildman–Crippen MR) is 136 cm³/mol. The zero-order valence-electron chi connectivity index (χ0n) is 20.9. The molecule has 1 heterocycles. The molecule has 1 atom stereocenters. The van der Waals surface area contributed by atoms with E-state index in [-0.39, 0.29) is 17.7 Å². The number of nitrogens with zero attached hydrogens (tertiary/aromatic N) is 1. The molecule has 8 nitrogen and oxygen atoms in total. The van der Waals surface area contributed by atoms with Crippen LogP contribution in [0.4, 0.5) is 5.69 Å². The standard InChI is InChI=1S/C28H32N2O6/c1-4-35-21-13-11-19(12-14-21)26(27(31)29-20-8-5-6-9-20)30(28(32)24-10-7-17-36-24)23-16-15-22(33-2)18-25(23)34-3/h7,10-18,20,26H,4-6,8-9H2,1-3H3,(H,29,31)/t26-/m1/s1. The second kappa shape index (κ2) is 11.7. The van der Waals surface area contributed by atoms with E-state index in [0.29, 0.717) is 35.1 Å². The summed E-state index contributed by atoms with van der Waals surface area (Å²) < 4.78 is 22.0. The van der Waals surface area contributed by atoms with Crippen molar-refractivity contribution in [2.75, 3.05) is 25.7 Å². The summed E-state index contributed by atoms with van der Waals surface area (Å²) in [5.41, 5.74) is 1.05. The third kappa shape index (κ3) is 5.48. The maximum atomic E-state index is 13.9. The Morgan fingerprint density at radius 1 is 1.03 bits per heavy atom. The number of ether oxygens (including phenoxy) is 3. The Balaban J connectivity index is 1.84. The van der Waals surface area contributed by atoms with Gasteiger partial charge in [-0.3, -0.25) is 14.5 Å². The van der Waals surface area contributed by atoms with Crippen molar-refractivity contribution in [2.45, 2.75) is 44.7 Å². The van der Waals surface area contributed by atoms with Crippen LogP contribution in [0.15, 0.2) is 65.3 Å². The van der Waals surface area contributed by atoms with Crippen LogP contribution in [0, 0.1) is 0 Å². The number of hydrogen-bond acceptors (Lipinski definition) is 6. The minimum absolute atomic E-state index is 0.0704. The Bertz CT molecular complexity index is 1150. The molecule has 0 saturated heterocycles. The van der Waals surface area contributed by atoms with Crippen LogP contribution in [-0.4, -0.2) is 38.7 Å². The van der Waals surface area contributed by atoms with Crippen molar-refractivity contribution in [3.63, 3.8) is 0 Å². The Hall–Kier alpha value is -3.94. The molecule has 3 aromatic rings. The van der Waals surface area contributed by atoms with Gasteiger partial charge < -0.3 is 23.9 Å². The van der Waals surface area contributed by atoms with Gasteiger partial charge in [0.1, 0.15) is 23.3 Å². The number of rotatable bonds is 10. The van der Waals surface area contributed by atoms with E-state index >= 15 is 0 Å². The molecule has 0 unspecified atom stereocenters. The smallest absolute Gasteiger partial charge is 0.295 e. The molecule has 2 amide bonds. The quantitative estimate of drug-likeness (QED) is 0.421. The van der Waals surface area contributed by atoms with E-state index in [1.54, 1.807) is 49.6 Å². The molecule has 8 heteroatoms. The van der Waals surface area contributed by atoms with Crippen LogP contribution in [0.2, 0.25) is 0 Å². The number of benzene rings is 2. The average Bonchev–Trinajstić information content (AvgIpc) is 3.62. The first-order valence-corrected chi connectivity index (χ1v) is 12.2. The molecule has 4 rings (SSSR count). The van der Waals surface area contributed by atoms with Gasteiger partial charge in [0.05, 0.1) is 32.8 Å². The van der Waals surface area contributed by atoms with Gasteiger partial charge in [-0.1, -0.05) is 25.0 Å². The number of anilines is 1. The van der Waals surface area contributed by atoms with Gasteiger partial charge in [0.2, 0.25) is 5.91 Å². The Morgan fingerprint density at radius 3 is 2.36 bits per heavy atom. The lowest BCUT2D eigenvalue weighted by Crippen LogP contribution is -2.46. The van der Waals surface area contributed by atoms with E-state index in [1.807, 2.05) is 19.1 Å². The van der Waals surface area contributed by atoms with Crippen molar-refractivity contribution in [1.29, 1.82) is 0 Å². The highest BCUT2D eigenvalue weighted by Crippen LogP contribution is 2.39. The molecule has 0 aliphatic heterocycles. The molecular formula is C28H32N2O6. The van der Waals surface area contributed by atoms with E-state index < -0.39 is 11.9 Å². The summed E-state index contributed by atoms with van der Waals surface area (Å²) in [7, 11) is 3.07. The molecule has 1 aliphatic carbocycles. The number of carbonyl (C=O) groups is 2. The van der Waals surface area contributed by atoms with Gasteiger partial charge >= 0.3 is 0 Å². The van der Waals surface area contributed by atoms with Gasteiger partial charge in [0.15, 0.2) is 5.76 Å². The predicted octanol–water partition coefficient (Wildman–Crippen LogP) is 5.14. The lowest BCUT2D eigenvalue weighted by Gasteiger charge is -2.32. The van der Waals surface area contributed by atoms with E-state index in [1.165, 1.54) is 18.3 Å². The number of carbonyl (C=O) groups excluding carboxylic acids is 2.